The molecule has 2 atom stereocenters. The van der Waals surface area contributed by atoms with Crippen LogP contribution in [0.15, 0.2) is 48.6 Å². The summed E-state index contributed by atoms with van der Waals surface area (Å²) in [7, 11) is 0. The van der Waals surface area contributed by atoms with Crippen molar-refractivity contribution in [2.24, 2.45) is 5.73 Å². The van der Waals surface area contributed by atoms with Crippen LogP contribution in [0, 0.1) is 0 Å². The number of nitrogen functional groups attached to an aromatic ring is 1. The van der Waals surface area contributed by atoms with Gasteiger partial charge in [-0.3, -0.25) is 0 Å². The lowest BCUT2D eigenvalue weighted by atomic mass is 9.88. The van der Waals surface area contributed by atoms with Gasteiger partial charge in [-0.2, -0.15) is 0 Å². The van der Waals surface area contributed by atoms with Gasteiger partial charge in [-0.05, 0) is 24.0 Å². The fraction of sp³-hybridized carbons (Fsp3) is 0.231. The Hall–Kier alpha value is -1.19. The summed E-state index contributed by atoms with van der Waals surface area (Å²) in [5.74, 6) is 0.177. The van der Waals surface area contributed by atoms with Crippen molar-refractivity contribution in [1.82, 2.24) is 0 Å². The lowest BCUT2D eigenvalue weighted by Crippen LogP contribution is -2.40. The maximum absolute atomic E-state index is 6.37. The first-order chi connectivity index (χ1) is 7.65. The zero-order chi connectivity index (χ0) is 11.6. The third kappa shape index (κ3) is 2.01. The standard InChI is InChI=1S/C13H16N2S/c1-16-13(15)8-3-2-7-12(13)10-5-4-6-11(14)9-10/h2-9,12H,14-15H2,1H3. The Morgan fingerprint density at radius 2 is 2.12 bits per heavy atom. The van der Waals surface area contributed by atoms with E-state index < -0.39 is 0 Å². The minimum absolute atomic E-state index is 0.177. The van der Waals surface area contributed by atoms with Crippen LogP contribution in [0.5, 0.6) is 0 Å². The molecule has 2 unspecified atom stereocenters. The quantitative estimate of drug-likeness (QED) is 0.608. The summed E-state index contributed by atoms with van der Waals surface area (Å²) in [6.45, 7) is 0. The number of allylic oxidation sites excluding steroid dienone is 2. The van der Waals surface area contributed by atoms with Crippen molar-refractivity contribution in [3.63, 3.8) is 0 Å². The molecule has 0 saturated carbocycles. The van der Waals surface area contributed by atoms with Crippen molar-refractivity contribution < 1.29 is 0 Å². The molecule has 0 fully saturated rings. The van der Waals surface area contributed by atoms with E-state index in [2.05, 4.69) is 12.1 Å². The van der Waals surface area contributed by atoms with E-state index in [9.17, 15) is 0 Å². The fourth-order valence-corrected chi connectivity index (χ4v) is 2.64. The highest BCUT2D eigenvalue weighted by molar-refractivity contribution is 8.00. The van der Waals surface area contributed by atoms with Crippen LogP contribution in [0.2, 0.25) is 0 Å². The monoisotopic (exact) mass is 232 g/mol. The summed E-state index contributed by atoms with van der Waals surface area (Å²) >= 11 is 1.66. The molecule has 84 valence electrons. The van der Waals surface area contributed by atoms with Crippen molar-refractivity contribution in [2.45, 2.75) is 10.8 Å². The van der Waals surface area contributed by atoms with Crippen LogP contribution < -0.4 is 11.5 Å². The van der Waals surface area contributed by atoms with Crippen molar-refractivity contribution in [2.75, 3.05) is 12.0 Å². The van der Waals surface area contributed by atoms with Gasteiger partial charge in [-0.15, -0.1) is 11.8 Å². The predicted octanol–water partition coefficient (Wildman–Crippen LogP) is 2.50. The van der Waals surface area contributed by atoms with Gasteiger partial charge in [0.15, 0.2) is 0 Å². The maximum atomic E-state index is 6.37. The van der Waals surface area contributed by atoms with E-state index in [0.29, 0.717) is 0 Å². The van der Waals surface area contributed by atoms with Crippen molar-refractivity contribution in [1.29, 1.82) is 0 Å². The van der Waals surface area contributed by atoms with Crippen molar-refractivity contribution >= 4 is 17.4 Å². The molecule has 0 radical (unpaired) electrons. The SMILES string of the molecule is CSC1(N)C=CC=CC1c1cccc(N)c1. The topological polar surface area (TPSA) is 52.0 Å². The van der Waals surface area contributed by atoms with Gasteiger partial charge in [0.2, 0.25) is 0 Å². The second kappa shape index (κ2) is 4.36. The fourth-order valence-electron chi connectivity index (χ4n) is 1.95. The number of rotatable bonds is 2. The van der Waals surface area contributed by atoms with Gasteiger partial charge >= 0.3 is 0 Å². The number of benzene rings is 1. The molecular formula is C13H16N2S. The Balaban J connectivity index is 2.39. The van der Waals surface area contributed by atoms with Crippen LogP contribution in [0.4, 0.5) is 5.69 Å². The van der Waals surface area contributed by atoms with Gasteiger partial charge < -0.3 is 11.5 Å². The second-order valence-electron chi connectivity index (χ2n) is 3.95. The minimum atomic E-state index is -0.372. The van der Waals surface area contributed by atoms with Crippen LogP contribution in [0.25, 0.3) is 0 Å². The van der Waals surface area contributed by atoms with E-state index in [0.717, 1.165) is 11.3 Å². The zero-order valence-electron chi connectivity index (χ0n) is 9.26. The smallest absolute Gasteiger partial charge is 0.0911 e. The number of hydrogen-bond acceptors (Lipinski definition) is 3. The maximum Gasteiger partial charge on any atom is 0.0911 e. The van der Waals surface area contributed by atoms with Gasteiger partial charge in [-0.25, -0.2) is 0 Å². The second-order valence-corrected chi connectivity index (χ2v) is 5.06. The first-order valence-electron chi connectivity index (χ1n) is 5.21. The van der Waals surface area contributed by atoms with E-state index in [1.165, 1.54) is 0 Å². The Labute approximate surface area is 100 Å². The predicted molar refractivity (Wildman–Crippen MR) is 72.3 cm³/mol. The molecule has 0 saturated heterocycles. The molecule has 0 spiro atoms. The Kier molecular flexibility index (Phi) is 3.08. The highest BCUT2D eigenvalue weighted by Crippen LogP contribution is 2.38. The average Bonchev–Trinajstić information content (AvgIpc) is 2.29. The molecule has 1 aromatic rings. The van der Waals surface area contributed by atoms with E-state index >= 15 is 0 Å². The summed E-state index contributed by atoms with van der Waals surface area (Å²) in [5.41, 5.74) is 14.1. The summed E-state index contributed by atoms with van der Waals surface area (Å²) in [4.78, 5) is -0.372. The number of thioether (sulfide) groups is 1. The first-order valence-corrected chi connectivity index (χ1v) is 6.44. The van der Waals surface area contributed by atoms with Gasteiger partial charge in [-0.1, -0.05) is 36.4 Å². The average molecular weight is 232 g/mol. The Morgan fingerprint density at radius 3 is 2.81 bits per heavy atom. The molecule has 1 aromatic carbocycles. The van der Waals surface area contributed by atoms with Gasteiger partial charge in [0.25, 0.3) is 0 Å². The van der Waals surface area contributed by atoms with E-state index in [1.54, 1.807) is 11.8 Å². The van der Waals surface area contributed by atoms with Gasteiger partial charge in [0, 0.05) is 11.6 Å². The summed E-state index contributed by atoms with van der Waals surface area (Å²) in [6, 6.07) is 7.93. The molecule has 16 heavy (non-hydrogen) atoms. The molecular weight excluding hydrogens is 216 g/mol. The molecule has 2 rings (SSSR count). The van der Waals surface area contributed by atoms with Gasteiger partial charge in [0.1, 0.15) is 0 Å². The lowest BCUT2D eigenvalue weighted by molar-refractivity contribution is 0.659. The molecule has 3 heteroatoms. The number of anilines is 1. The van der Waals surface area contributed by atoms with E-state index in [1.807, 2.05) is 42.7 Å². The largest absolute Gasteiger partial charge is 0.399 e. The van der Waals surface area contributed by atoms with Crippen LogP contribution in [0.1, 0.15) is 11.5 Å². The Morgan fingerprint density at radius 1 is 1.31 bits per heavy atom. The minimum Gasteiger partial charge on any atom is -0.399 e. The summed E-state index contributed by atoms with van der Waals surface area (Å²) in [5, 5.41) is 0. The molecule has 0 heterocycles. The van der Waals surface area contributed by atoms with Gasteiger partial charge in [0.05, 0.1) is 4.87 Å². The van der Waals surface area contributed by atoms with Crippen molar-refractivity contribution in [3.8, 4) is 0 Å². The highest BCUT2D eigenvalue weighted by Gasteiger charge is 2.32. The van der Waals surface area contributed by atoms with E-state index in [4.69, 9.17) is 11.5 Å². The van der Waals surface area contributed by atoms with Crippen LogP contribution >= 0.6 is 11.8 Å². The van der Waals surface area contributed by atoms with Crippen molar-refractivity contribution in [3.05, 3.63) is 54.1 Å². The highest BCUT2D eigenvalue weighted by atomic mass is 32.2. The Bertz CT molecular complexity index is 439. The summed E-state index contributed by atoms with van der Waals surface area (Å²) < 4.78 is 0. The van der Waals surface area contributed by atoms with Crippen LogP contribution in [0.3, 0.4) is 0 Å². The number of hydrogen-bond donors (Lipinski definition) is 2. The molecule has 1 aliphatic carbocycles. The molecule has 2 nitrogen and oxygen atoms in total. The first kappa shape index (κ1) is 11.3. The third-order valence-electron chi connectivity index (χ3n) is 2.88. The normalized spacial score (nSPS) is 28.2. The van der Waals surface area contributed by atoms with E-state index in [-0.39, 0.29) is 10.8 Å². The lowest BCUT2D eigenvalue weighted by Gasteiger charge is -2.33. The van der Waals surface area contributed by atoms with Crippen LogP contribution in [-0.4, -0.2) is 11.1 Å². The summed E-state index contributed by atoms with van der Waals surface area (Å²) in [6.07, 6.45) is 10.2. The zero-order valence-corrected chi connectivity index (χ0v) is 10.1. The molecule has 1 aliphatic rings. The molecule has 0 aromatic heterocycles. The van der Waals surface area contributed by atoms with Crippen LogP contribution in [-0.2, 0) is 0 Å². The third-order valence-corrected chi connectivity index (χ3v) is 3.98. The molecule has 0 aliphatic heterocycles. The molecule has 0 bridgehead atoms. The molecule has 0 amide bonds. The molecule has 4 N–H and O–H groups in total. The number of nitrogens with two attached hydrogens (primary N) is 2.